The molecule has 34 heavy (non-hydrogen) atoms. The van der Waals surface area contributed by atoms with Crippen LogP contribution in [0, 0.1) is 0 Å². The summed E-state index contributed by atoms with van der Waals surface area (Å²) in [5.41, 5.74) is 3.49. The van der Waals surface area contributed by atoms with Gasteiger partial charge in [-0.1, -0.05) is 6.07 Å². The van der Waals surface area contributed by atoms with Crippen LogP contribution < -0.4 is 10.6 Å². The fraction of sp³-hybridized carbons (Fsp3) is 0.250. The number of phenols is 1. The lowest BCUT2D eigenvalue weighted by Crippen LogP contribution is -2.40. The van der Waals surface area contributed by atoms with Crippen molar-refractivity contribution in [2.75, 3.05) is 23.7 Å². The Hall–Kier alpha value is -3.66. The average molecular weight is 522 g/mol. The largest absolute Gasteiger partial charge is 0.508 e. The summed E-state index contributed by atoms with van der Waals surface area (Å²) in [6, 6.07) is 12.3. The number of halogens is 1. The summed E-state index contributed by atoms with van der Waals surface area (Å²) in [6.45, 7) is 1.90. The Morgan fingerprint density at radius 2 is 1.94 bits per heavy atom. The Labute approximate surface area is 205 Å². The molecular formula is C24H24BrN7O2. The van der Waals surface area contributed by atoms with Gasteiger partial charge < -0.3 is 20.6 Å². The predicted octanol–water partition coefficient (Wildman–Crippen LogP) is 4.62. The molecule has 0 bridgehead atoms. The number of carbonyl (C=O) groups is 1. The summed E-state index contributed by atoms with van der Waals surface area (Å²) < 4.78 is 2.63. The van der Waals surface area contributed by atoms with Crippen LogP contribution in [-0.2, 0) is 6.54 Å². The zero-order chi connectivity index (χ0) is 23.5. The zero-order valence-corrected chi connectivity index (χ0v) is 19.9. The third kappa shape index (κ3) is 4.81. The van der Waals surface area contributed by atoms with Crippen LogP contribution in [0.4, 0.5) is 16.3 Å². The molecule has 0 saturated carbocycles. The number of carbonyl (C=O) groups excluding carboxylic acids is 1. The van der Waals surface area contributed by atoms with Crippen molar-refractivity contribution in [2.24, 2.45) is 0 Å². The van der Waals surface area contributed by atoms with Gasteiger partial charge >= 0.3 is 6.03 Å². The Morgan fingerprint density at radius 3 is 2.68 bits per heavy atom. The van der Waals surface area contributed by atoms with Crippen molar-refractivity contribution >= 4 is 39.1 Å². The first-order valence-corrected chi connectivity index (χ1v) is 11.9. The zero-order valence-electron chi connectivity index (χ0n) is 18.4. The van der Waals surface area contributed by atoms with Gasteiger partial charge in [-0.3, -0.25) is 4.98 Å². The summed E-state index contributed by atoms with van der Waals surface area (Å²) in [5, 5.41) is 20.2. The first-order chi connectivity index (χ1) is 16.6. The van der Waals surface area contributed by atoms with Gasteiger partial charge in [0.05, 0.1) is 10.7 Å². The number of rotatable bonds is 5. The Balaban J connectivity index is 1.28. The molecular weight excluding hydrogens is 498 g/mol. The second-order valence-corrected chi connectivity index (χ2v) is 9.10. The van der Waals surface area contributed by atoms with E-state index in [1.54, 1.807) is 41.2 Å². The molecule has 0 unspecified atom stereocenters. The monoisotopic (exact) mass is 521 g/mol. The van der Waals surface area contributed by atoms with E-state index >= 15 is 0 Å². The number of fused-ring (bicyclic) bond motifs is 1. The minimum absolute atomic E-state index is 0.134. The lowest BCUT2D eigenvalue weighted by atomic mass is 9.93. The van der Waals surface area contributed by atoms with Crippen molar-refractivity contribution in [2.45, 2.75) is 25.3 Å². The smallest absolute Gasteiger partial charge is 0.321 e. The van der Waals surface area contributed by atoms with Gasteiger partial charge in [-0.05, 0) is 64.7 Å². The van der Waals surface area contributed by atoms with Gasteiger partial charge in [0.15, 0.2) is 5.65 Å². The number of likely N-dealkylation sites (tertiary alicyclic amines) is 1. The first kappa shape index (κ1) is 22.1. The number of hydrogen-bond acceptors (Lipinski definition) is 6. The number of nitrogens with zero attached hydrogens (tertiary/aromatic N) is 5. The molecule has 10 heteroatoms. The molecule has 1 saturated heterocycles. The van der Waals surface area contributed by atoms with E-state index in [0.29, 0.717) is 25.3 Å². The third-order valence-corrected chi connectivity index (χ3v) is 6.52. The Kier molecular flexibility index (Phi) is 6.31. The van der Waals surface area contributed by atoms with Crippen LogP contribution in [0.5, 0.6) is 5.75 Å². The molecule has 5 rings (SSSR count). The predicted molar refractivity (Wildman–Crippen MR) is 133 cm³/mol. The lowest BCUT2D eigenvalue weighted by molar-refractivity contribution is 0.194. The summed E-state index contributed by atoms with van der Waals surface area (Å²) in [5.74, 6) is 1.27. The minimum Gasteiger partial charge on any atom is -0.508 e. The number of pyridine rings is 1. The maximum absolute atomic E-state index is 12.7. The molecule has 0 atom stereocenters. The molecule has 2 amide bonds. The summed E-state index contributed by atoms with van der Waals surface area (Å²) in [7, 11) is 0. The van der Waals surface area contributed by atoms with E-state index in [9.17, 15) is 9.90 Å². The van der Waals surface area contributed by atoms with Gasteiger partial charge in [-0.25, -0.2) is 9.78 Å². The van der Waals surface area contributed by atoms with Crippen molar-refractivity contribution < 1.29 is 9.90 Å². The third-order valence-electron chi connectivity index (χ3n) is 5.96. The number of phenolic OH excluding ortho intramolecular Hbond substituents is 1. The molecule has 0 aliphatic carbocycles. The molecule has 3 aromatic heterocycles. The van der Waals surface area contributed by atoms with Crippen LogP contribution in [0.3, 0.4) is 0 Å². The highest BCUT2D eigenvalue weighted by atomic mass is 79.9. The maximum atomic E-state index is 12.7. The summed E-state index contributed by atoms with van der Waals surface area (Å²) >= 11 is 3.56. The maximum Gasteiger partial charge on any atom is 0.321 e. The van der Waals surface area contributed by atoms with Crippen LogP contribution in [-0.4, -0.2) is 48.7 Å². The van der Waals surface area contributed by atoms with E-state index < -0.39 is 0 Å². The van der Waals surface area contributed by atoms with Crippen LogP contribution in [0.15, 0.2) is 65.5 Å². The van der Waals surface area contributed by atoms with Gasteiger partial charge in [-0.15, -0.1) is 0 Å². The van der Waals surface area contributed by atoms with Crippen molar-refractivity contribution in [3.05, 3.63) is 76.8 Å². The second-order valence-electron chi connectivity index (χ2n) is 8.25. The van der Waals surface area contributed by atoms with Gasteiger partial charge in [-0.2, -0.15) is 9.61 Å². The molecule has 3 N–H and O–H groups in total. The highest BCUT2D eigenvalue weighted by Gasteiger charge is 2.26. The van der Waals surface area contributed by atoms with Crippen molar-refractivity contribution in [1.82, 2.24) is 24.5 Å². The SMILES string of the molecule is O=C(Nc1ccc(O)cc1)N1CCC(c2cc(NCc3cccnc3)n3ncc(Br)c3n2)CC1. The number of piperidine rings is 1. The van der Waals surface area contributed by atoms with E-state index in [2.05, 4.69) is 42.7 Å². The standard InChI is InChI=1S/C24H24BrN7O2/c25-20-15-28-32-22(27-14-16-2-1-9-26-13-16)12-21(30-23(20)32)17-7-10-31(11-8-17)24(34)29-18-3-5-19(33)6-4-18/h1-6,9,12-13,15,17,27,33H,7-8,10-11,14H2,(H,29,34). The molecule has 1 aliphatic heterocycles. The molecule has 0 radical (unpaired) electrons. The van der Waals surface area contributed by atoms with Gasteiger partial charge in [0.2, 0.25) is 0 Å². The van der Waals surface area contributed by atoms with Crippen LogP contribution >= 0.6 is 15.9 Å². The van der Waals surface area contributed by atoms with Crippen molar-refractivity contribution in [3.8, 4) is 5.75 Å². The second kappa shape index (κ2) is 9.68. The molecule has 4 heterocycles. The molecule has 4 aromatic rings. The number of amides is 2. The van der Waals surface area contributed by atoms with Crippen molar-refractivity contribution in [3.63, 3.8) is 0 Å². The van der Waals surface area contributed by atoms with E-state index in [0.717, 1.165) is 40.0 Å². The average Bonchev–Trinajstić information content (AvgIpc) is 3.25. The van der Waals surface area contributed by atoms with Gasteiger partial charge in [0, 0.05) is 55.4 Å². The van der Waals surface area contributed by atoms with E-state index in [1.165, 1.54) is 0 Å². The van der Waals surface area contributed by atoms with Crippen LogP contribution in [0.1, 0.15) is 30.0 Å². The highest BCUT2D eigenvalue weighted by molar-refractivity contribution is 9.10. The number of urea groups is 1. The van der Waals surface area contributed by atoms with E-state index in [1.807, 2.05) is 23.2 Å². The number of hydrogen-bond donors (Lipinski definition) is 3. The van der Waals surface area contributed by atoms with Crippen LogP contribution in [0.25, 0.3) is 5.65 Å². The topological polar surface area (TPSA) is 108 Å². The number of anilines is 2. The molecule has 0 spiro atoms. The number of benzene rings is 1. The Bertz CT molecular complexity index is 1290. The molecule has 1 aromatic carbocycles. The summed E-state index contributed by atoms with van der Waals surface area (Å²) in [4.78, 5) is 23.5. The van der Waals surface area contributed by atoms with E-state index in [4.69, 9.17) is 4.98 Å². The normalized spacial score (nSPS) is 14.3. The summed E-state index contributed by atoms with van der Waals surface area (Å²) in [6.07, 6.45) is 6.98. The van der Waals surface area contributed by atoms with Gasteiger partial charge in [0.25, 0.3) is 0 Å². The van der Waals surface area contributed by atoms with Crippen molar-refractivity contribution in [1.29, 1.82) is 0 Å². The fourth-order valence-corrected chi connectivity index (χ4v) is 4.46. The quantitative estimate of drug-likeness (QED) is 0.331. The minimum atomic E-state index is -0.134. The lowest BCUT2D eigenvalue weighted by Gasteiger charge is -2.32. The fourth-order valence-electron chi connectivity index (χ4n) is 4.11. The number of aromatic nitrogens is 4. The molecule has 9 nitrogen and oxygen atoms in total. The molecule has 174 valence electrons. The van der Waals surface area contributed by atoms with E-state index in [-0.39, 0.29) is 17.7 Å². The molecule has 1 aliphatic rings. The Morgan fingerprint density at radius 1 is 1.15 bits per heavy atom. The first-order valence-electron chi connectivity index (χ1n) is 11.1. The van der Waals surface area contributed by atoms with Crippen LogP contribution in [0.2, 0.25) is 0 Å². The van der Waals surface area contributed by atoms with Gasteiger partial charge in [0.1, 0.15) is 11.6 Å². The number of aromatic hydroxyl groups is 1. The molecule has 1 fully saturated rings. The number of nitrogens with one attached hydrogen (secondary N) is 2. The highest BCUT2D eigenvalue weighted by Crippen LogP contribution is 2.31.